The molecule has 2 aromatic rings. The second-order valence-electron chi connectivity index (χ2n) is 3.88. The van der Waals surface area contributed by atoms with Crippen molar-refractivity contribution in [1.82, 2.24) is 9.78 Å². The van der Waals surface area contributed by atoms with E-state index in [1.165, 1.54) is 12.1 Å². The van der Waals surface area contributed by atoms with Crippen LogP contribution in [-0.4, -0.2) is 29.0 Å². The molecule has 19 heavy (non-hydrogen) atoms. The molecular formula is C11H10N2O5S. The molecule has 0 spiro atoms. The first kappa shape index (κ1) is 13.2. The van der Waals surface area contributed by atoms with Gasteiger partial charge in [0.2, 0.25) is 0 Å². The lowest BCUT2D eigenvalue weighted by Crippen LogP contribution is -2.17. The van der Waals surface area contributed by atoms with Crippen molar-refractivity contribution < 1.29 is 17.8 Å². The van der Waals surface area contributed by atoms with E-state index in [2.05, 4.69) is 5.10 Å². The number of nitrogens with one attached hydrogen (secondary N) is 1. The zero-order valence-electron chi connectivity index (χ0n) is 9.82. The summed E-state index contributed by atoms with van der Waals surface area (Å²) in [5.74, 6) is 0. The standard InChI is InChI=1S/C11H10N2O5S/c1-7-10(6-14)11(15)13(12-7)8-2-4-9(5-3-8)19(16,17)18/h2-6,12H,1H3,(H,16,17,18). The average molecular weight is 282 g/mol. The van der Waals surface area contributed by atoms with E-state index in [0.29, 0.717) is 17.7 Å². The SMILES string of the molecule is Cc1[nH]n(-c2ccc(S(=O)(=O)O)cc2)c(=O)c1C=O. The summed E-state index contributed by atoms with van der Waals surface area (Å²) in [7, 11) is -4.27. The largest absolute Gasteiger partial charge is 0.298 e. The quantitative estimate of drug-likeness (QED) is 0.630. The second kappa shape index (κ2) is 4.48. The molecular weight excluding hydrogens is 272 g/mol. The maximum atomic E-state index is 11.8. The molecule has 7 nitrogen and oxygen atoms in total. The smallest absolute Gasteiger partial charge is 0.294 e. The zero-order chi connectivity index (χ0) is 14.2. The number of carbonyl (C=O) groups excluding carboxylic acids is 1. The van der Waals surface area contributed by atoms with Crippen molar-refractivity contribution in [3.05, 3.63) is 45.9 Å². The van der Waals surface area contributed by atoms with Gasteiger partial charge in [-0.15, -0.1) is 0 Å². The third-order valence-electron chi connectivity index (χ3n) is 2.63. The van der Waals surface area contributed by atoms with Crippen LogP contribution in [0, 0.1) is 6.92 Å². The molecule has 1 heterocycles. The maximum absolute atomic E-state index is 11.8. The summed E-state index contributed by atoms with van der Waals surface area (Å²) in [6.07, 6.45) is 0.456. The lowest BCUT2D eigenvalue weighted by Gasteiger charge is -2.02. The van der Waals surface area contributed by atoms with Crippen LogP contribution in [0.3, 0.4) is 0 Å². The number of benzene rings is 1. The van der Waals surface area contributed by atoms with Crippen molar-refractivity contribution in [2.24, 2.45) is 0 Å². The highest BCUT2D eigenvalue weighted by Gasteiger charge is 2.13. The molecule has 100 valence electrons. The van der Waals surface area contributed by atoms with Crippen molar-refractivity contribution in [3.8, 4) is 5.69 Å². The Morgan fingerprint density at radius 2 is 1.84 bits per heavy atom. The van der Waals surface area contributed by atoms with Gasteiger partial charge in [0, 0.05) is 5.69 Å². The first-order valence-electron chi connectivity index (χ1n) is 5.19. The average Bonchev–Trinajstić information content (AvgIpc) is 2.63. The first-order chi connectivity index (χ1) is 8.84. The summed E-state index contributed by atoms with van der Waals surface area (Å²) >= 11 is 0. The minimum Gasteiger partial charge on any atom is -0.298 e. The third-order valence-corrected chi connectivity index (χ3v) is 3.50. The molecule has 0 saturated carbocycles. The summed E-state index contributed by atoms with van der Waals surface area (Å²) < 4.78 is 31.7. The molecule has 1 aromatic heterocycles. The molecule has 1 aromatic carbocycles. The highest BCUT2D eigenvalue weighted by molar-refractivity contribution is 7.85. The fourth-order valence-electron chi connectivity index (χ4n) is 1.65. The summed E-state index contributed by atoms with van der Waals surface area (Å²) in [5, 5.41) is 2.70. The van der Waals surface area contributed by atoms with Crippen molar-refractivity contribution >= 4 is 16.4 Å². The van der Waals surface area contributed by atoms with E-state index in [1.807, 2.05) is 0 Å². The predicted octanol–water partition coefficient (Wildman–Crippen LogP) is 0.533. The number of aryl methyl sites for hydroxylation is 1. The first-order valence-corrected chi connectivity index (χ1v) is 6.63. The fraction of sp³-hybridized carbons (Fsp3) is 0.0909. The number of aromatic amines is 1. The minimum atomic E-state index is -4.27. The molecule has 0 atom stereocenters. The van der Waals surface area contributed by atoms with Crippen LogP contribution in [0.15, 0.2) is 34.0 Å². The lowest BCUT2D eigenvalue weighted by molar-refractivity contribution is 0.112. The van der Waals surface area contributed by atoms with Gasteiger partial charge in [-0.3, -0.25) is 19.2 Å². The molecule has 8 heteroatoms. The summed E-state index contributed by atoms with van der Waals surface area (Å²) in [4.78, 5) is 22.3. The Morgan fingerprint density at radius 3 is 2.26 bits per heavy atom. The number of aromatic nitrogens is 2. The molecule has 0 unspecified atom stereocenters. The normalized spacial score (nSPS) is 11.5. The highest BCUT2D eigenvalue weighted by atomic mass is 32.2. The Morgan fingerprint density at radius 1 is 1.26 bits per heavy atom. The number of hydrogen-bond donors (Lipinski definition) is 2. The summed E-state index contributed by atoms with van der Waals surface area (Å²) in [5.41, 5.74) is 0.262. The monoisotopic (exact) mass is 282 g/mol. The molecule has 0 fully saturated rings. The van der Waals surface area contributed by atoms with E-state index >= 15 is 0 Å². The van der Waals surface area contributed by atoms with Crippen LogP contribution in [0.5, 0.6) is 0 Å². The van der Waals surface area contributed by atoms with Gasteiger partial charge in [0.1, 0.15) is 5.56 Å². The van der Waals surface area contributed by atoms with Crippen LogP contribution in [0.25, 0.3) is 5.69 Å². The van der Waals surface area contributed by atoms with Crippen molar-refractivity contribution in [2.75, 3.05) is 0 Å². The Bertz CT molecular complexity index is 783. The molecule has 0 radical (unpaired) electrons. The van der Waals surface area contributed by atoms with Crippen LogP contribution in [0.4, 0.5) is 0 Å². The summed E-state index contributed by atoms with van der Waals surface area (Å²) in [6.45, 7) is 1.58. The van der Waals surface area contributed by atoms with Gasteiger partial charge in [-0.05, 0) is 31.2 Å². The zero-order valence-corrected chi connectivity index (χ0v) is 10.6. The third kappa shape index (κ3) is 2.35. The van der Waals surface area contributed by atoms with Gasteiger partial charge in [-0.1, -0.05) is 0 Å². The van der Waals surface area contributed by atoms with Gasteiger partial charge in [-0.2, -0.15) is 8.42 Å². The molecule has 2 N–H and O–H groups in total. The van der Waals surface area contributed by atoms with Crippen LogP contribution in [0.1, 0.15) is 16.1 Å². The van der Waals surface area contributed by atoms with Gasteiger partial charge in [0.15, 0.2) is 6.29 Å². The Balaban J connectivity index is 2.55. The van der Waals surface area contributed by atoms with Gasteiger partial charge >= 0.3 is 0 Å². The number of H-pyrrole nitrogens is 1. The molecule has 0 bridgehead atoms. The molecule has 0 amide bonds. The fourth-order valence-corrected chi connectivity index (χ4v) is 2.13. The number of carbonyl (C=O) groups is 1. The van der Waals surface area contributed by atoms with Crippen molar-refractivity contribution in [3.63, 3.8) is 0 Å². The second-order valence-corrected chi connectivity index (χ2v) is 5.30. The van der Waals surface area contributed by atoms with Crippen molar-refractivity contribution in [2.45, 2.75) is 11.8 Å². The van der Waals surface area contributed by atoms with Crippen LogP contribution >= 0.6 is 0 Å². The van der Waals surface area contributed by atoms with Crippen LogP contribution in [-0.2, 0) is 10.1 Å². The molecule has 0 aliphatic rings. The topological polar surface area (TPSA) is 109 Å². The molecule has 2 rings (SSSR count). The minimum absolute atomic E-state index is 0.0128. The number of rotatable bonds is 3. The van der Waals surface area contributed by atoms with Crippen molar-refractivity contribution in [1.29, 1.82) is 0 Å². The molecule has 0 aliphatic heterocycles. The van der Waals surface area contributed by atoms with E-state index in [0.717, 1.165) is 16.8 Å². The highest BCUT2D eigenvalue weighted by Crippen LogP contribution is 2.12. The maximum Gasteiger partial charge on any atom is 0.294 e. The van der Waals surface area contributed by atoms with E-state index < -0.39 is 15.7 Å². The lowest BCUT2D eigenvalue weighted by atomic mass is 10.3. The van der Waals surface area contributed by atoms with Gasteiger partial charge in [0.25, 0.3) is 15.7 Å². The van der Waals surface area contributed by atoms with E-state index in [-0.39, 0.29) is 10.5 Å². The van der Waals surface area contributed by atoms with Gasteiger partial charge in [-0.25, -0.2) is 4.68 Å². The van der Waals surface area contributed by atoms with E-state index in [9.17, 15) is 18.0 Å². The van der Waals surface area contributed by atoms with Crippen LogP contribution in [0.2, 0.25) is 0 Å². The number of hydrogen-bond acceptors (Lipinski definition) is 4. The summed E-state index contributed by atoms with van der Waals surface area (Å²) in [6, 6.07) is 5.01. The molecule has 0 aliphatic carbocycles. The van der Waals surface area contributed by atoms with E-state index in [1.54, 1.807) is 6.92 Å². The van der Waals surface area contributed by atoms with Gasteiger partial charge < -0.3 is 0 Å². The van der Waals surface area contributed by atoms with E-state index in [4.69, 9.17) is 4.55 Å². The van der Waals surface area contributed by atoms with Crippen LogP contribution < -0.4 is 5.56 Å². The number of nitrogens with zero attached hydrogens (tertiary/aromatic N) is 1. The Hall–Kier alpha value is -2.19. The number of aldehydes is 1. The Labute approximate surface area is 108 Å². The molecule has 0 saturated heterocycles. The Kier molecular flexibility index (Phi) is 3.13. The predicted molar refractivity (Wildman–Crippen MR) is 66.3 cm³/mol. The van der Waals surface area contributed by atoms with Gasteiger partial charge in [0.05, 0.1) is 10.6 Å².